The number of piperazine rings is 1. The zero-order valence-corrected chi connectivity index (χ0v) is 15.7. The van der Waals surface area contributed by atoms with E-state index < -0.39 is 0 Å². The molecule has 1 fully saturated rings. The average molecular weight is 374 g/mol. The number of nitrogens with zero attached hydrogens (tertiary/aromatic N) is 2. The van der Waals surface area contributed by atoms with Crippen LogP contribution in [0.2, 0.25) is 0 Å². The number of nitrogens with one attached hydrogen (secondary N) is 2. The second-order valence-electron chi connectivity index (χ2n) is 6.40. The highest BCUT2D eigenvalue weighted by Gasteiger charge is 2.16. The smallest absolute Gasteiger partial charge is 0.308 e. The van der Waals surface area contributed by atoms with Crippen molar-refractivity contribution in [2.75, 3.05) is 25.0 Å². The Bertz CT molecular complexity index is 887. The van der Waals surface area contributed by atoms with E-state index in [-0.39, 0.29) is 23.2 Å². The predicted molar refractivity (Wildman–Crippen MR) is 101 cm³/mol. The summed E-state index contributed by atoms with van der Waals surface area (Å²) < 4.78 is 1.49. The van der Waals surface area contributed by atoms with Crippen LogP contribution in [0.25, 0.3) is 0 Å². The molecule has 2 N–H and O–H groups in total. The SMILES string of the molecule is Cc1sc(=O)n(CC(=O)Nc2cccc(CN3CCNC(=O)C3)c2)c1C. The summed E-state index contributed by atoms with van der Waals surface area (Å²) in [7, 11) is 0. The number of rotatable bonds is 5. The largest absolute Gasteiger partial charge is 0.354 e. The molecular weight excluding hydrogens is 352 g/mol. The molecule has 0 saturated carbocycles. The highest BCUT2D eigenvalue weighted by atomic mass is 32.1. The van der Waals surface area contributed by atoms with E-state index in [0.717, 1.165) is 34.0 Å². The van der Waals surface area contributed by atoms with E-state index in [0.29, 0.717) is 25.3 Å². The fourth-order valence-corrected chi connectivity index (χ4v) is 3.78. The number of anilines is 1. The number of hydrogen-bond acceptors (Lipinski definition) is 5. The van der Waals surface area contributed by atoms with Crippen molar-refractivity contribution < 1.29 is 9.59 Å². The summed E-state index contributed by atoms with van der Waals surface area (Å²) in [5, 5.41) is 5.65. The summed E-state index contributed by atoms with van der Waals surface area (Å²) in [5.74, 6) is -0.199. The van der Waals surface area contributed by atoms with Crippen LogP contribution in [0, 0.1) is 13.8 Å². The number of carbonyl (C=O) groups is 2. The maximum atomic E-state index is 12.3. The van der Waals surface area contributed by atoms with Gasteiger partial charge in [-0.1, -0.05) is 23.5 Å². The lowest BCUT2D eigenvalue weighted by Crippen LogP contribution is -2.47. The second kappa shape index (κ2) is 7.84. The van der Waals surface area contributed by atoms with Gasteiger partial charge in [0.05, 0.1) is 6.54 Å². The Hall–Kier alpha value is -2.45. The topological polar surface area (TPSA) is 83.4 Å². The van der Waals surface area contributed by atoms with Gasteiger partial charge in [0, 0.05) is 35.9 Å². The number of carbonyl (C=O) groups excluding carboxylic acids is 2. The van der Waals surface area contributed by atoms with E-state index in [1.54, 1.807) is 0 Å². The molecule has 8 heteroatoms. The van der Waals surface area contributed by atoms with Crippen LogP contribution in [0.5, 0.6) is 0 Å². The van der Waals surface area contributed by atoms with E-state index >= 15 is 0 Å². The van der Waals surface area contributed by atoms with Crippen LogP contribution >= 0.6 is 11.3 Å². The number of thiazole rings is 1. The molecule has 7 nitrogen and oxygen atoms in total. The van der Waals surface area contributed by atoms with E-state index in [1.165, 1.54) is 4.57 Å². The van der Waals surface area contributed by atoms with Gasteiger partial charge in [0.2, 0.25) is 11.8 Å². The number of aryl methyl sites for hydroxylation is 1. The molecule has 1 aromatic heterocycles. The molecular formula is C18H22N4O3S. The minimum atomic E-state index is -0.234. The van der Waals surface area contributed by atoms with E-state index in [4.69, 9.17) is 0 Å². The normalized spacial score (nSPS) is 14.9. The van der Waals surface area contributed by atoms with Crippen molar-refractivity contribution in [1.29, 1.82) is 0 Å². The summed E-state index contributed by atoms with van der Waals surface area (Å²) in [4.78, 5) is 38.6. The van der Waals surface area contributed by atoms with Gasteiger partial charge in [-0.3, -0.25) is 23.9 Å². The first-order chi connectivity index (χ1) is 12.4. The van der Waals surface area contributed by atoms with Crippen LogP contribution in [0.15, 0.2) is 29.1 Å². The monoisotopic (exact) mass is 374 g/mol. The molecule has 1 aliphatic rings. The van der Waals surface area contributed by atoms with Crippen LogP contribution in [0.4, 0.5) is 5.69 Å². The van der Waals surface area contributed by atoms with Gasteiger partial charge >= 0.3 is 4.87 Å². The molecule has 1 aromatic carbocycles. The van der Waals surface area contributed by atoms with Gasteiger partial charge in [-0.2, -0.15) is 0 Å². The molecule has 0 bridgehead atoms. The predicted octanol–water partition coefficient (Wildman–Crippen LogP) is 1.10. The Morgan fingerprint density at radius 2 is 2.12 bits per heavy atom. The molecule has 2 heterocycles. The van der Waals surface area contributed by atoms with E-state index in [9.17, 15) is 14.4 Å². The lowest BCUT2D eigenvalue weighted by atomic mass is 10.1. The molecule has 0 spiro atoms. The molecule has 2 amide bonds. The fourth-order valence-electron chi connectivity index (χ4n) is 2.95. The molecule has 138 valence electrons. The summed E-state index contributed by atoms with van der Waals surface area (Å²) in [6.07, 6.45) is 0. The van der Waals surface area contributed by atoms with Crippen molar-refractivity contribution in [1.82, 2.24) is 14.8 Å². The second-order valence-corrected chi connectivity index (χ2v) is 7.57. The highest BCUT2D eigenvalue weighted by molar-refractivity contribution is 7.09. The standard InChI is InChI=1S/C18H22N4O3S/c1-12-13(2)26-18(25)22(12)11-17(24)20-15-5-3-4-14(8-15)9-21-7-6-19-16(23)10-21/h3-5,8H,6-7,9-11H2,1-2H3,(H,19,23)(H,20,24). The first kappa shape index (κ1) is 18.3. The van der Waals surface area contributed by atoms with Crippen molar-refractivity contribution in [2.45, 2.75) is 26.9 Å². The van der Waals surface area contributed by atoms with Crippen LogP contribution in [0.1, 0.15) is 16.1 Å². The third-order valence-electron chi connectivity index (χ3n) is 4.41. The highest BCUT2D eigenvalue weighted by Crippen LogP contribution is 2.14. The van der Waals surface area contributed by atoms with E-state index in [2.05, 4.69) is 15.5 Å². The van der Waals surface area contributed by atoms with Crippen molar-refractivity contribution in [3.63, 3.8) is 0 Å². The Morgan fingerprint density at radius 3 is 2.81 bits per heavy atom. The molecule has 0 aliphatic carbocycles. The molecule has 1 saturated heterocycles. The maximum absolute atomic E-state index is 12.3. The van der Waals surface area contributed by atoms with Crippen LogP contribution < -0.4 is 15.5 Å². The quantitative estimate of drug-likeness (QED) is 0.821. The van der Waals surface area contributed by atoms with Crippen molar-refractivity contribution in [2.24, 2.45) is 0 Å². The first-order valence-electron chi connectivity index (χ1n) is 8.47. The summed E-state index contributed by atoms with van der Waals surface area (Å²) in [6.45, 7) is 6.22. The molecule has 3 rings (SSSR count). The zero-order chi connectivity index (χ0) is 18.7. The van der Waals surface area contributed by atoms with Crippen LogP contribution in [0.3, 0.4) is 0 Å². The van der Waals surface area contributed by atoms with E-state index in [1.807, 2.05) is 38.1 Å². The van der Waals surface area contributed by atoms with Crippen LogP contribution in [-0.2, 0) is 22.7 Å². The molecule has 1 aliphatic heterocycles. The maximum Gasteiger partial charge on any atom is 0.308 e. The third kappa shape index (κ3) is 4.39. The first-order valence-corrected chi connectivity index (χ1v) is 9.28. The minimum Gasteiger partial charge on any atom is -0.354 e. The third-order valence-corrected chi connectivity index (χ3v) is 5.41. The van der Waals surface area contributed by atoms with Gasteiger partial charge in [0.1, 0.15) is 6.54 Å². The van der Waals surface area contributed by atoms with Crippen LogP contribution in [-0.4, -0.2) is 40.9 Å². The van der Waals surface area contributed by atoms with Gasteiger partial charge in [0.15, 0.2) is 0 Å². The summed E-state index contributed by atoms with van der Waals surface area (Å²) >= 11 is 1.16. The van der Waals surface area contributed by atoms with Crippen molar-refractivity contribution in [3.8, 4) is 0 Å². The number of aromatic nitrogens is 1. The minimum absolute atomic E-state index is 0.00549. The summed E-state index contributed by atoms with van der Waals surface area (Å²) in [5.41, 5.74) is 2.54. The number of amides is 2. The lowest BCUT2D eigenvalue weighted by Gasteiger charge is -2.26. The Balaban J connectivity index is 1.63. The number of benzene rings is 1. The van der Waals surface area contributed by atoms with Crippen molar-refractivity contribution in [3.05, 3.63) is 50.1 Å². The van der Waals surface area contributed by atoms with Gasteiger partial charge in [0.25, 0.3) is 0 Å². The lowest BCUT2D eigenvalue weighted by molar-refractivity contribution is -0.124. The average Bonchev–Trinajstić information content (AvgIpc) is 2.81. The van der Waals surface area contributed by atoms with Gasteiger partial charge in [-0.25, -0.2) is 0 Å². The Labute approximate surface area is 155 Å². The van der Waals surface area contributed by atoms with Gasteiger partial charge < -0.3 is 10.6 Å². The Morgan fingerprint density at radius 1 is 1.31 bits per heavy atom. The number of hydrogen-bond donors (Lipinski definition) is 2. The molecule has 0 radical (unpaired) electrons. The van der Waals surface area contributed by atoms with Gasteiger partial charge in [-0.15, -0.1) is 0 Å². The zero-order valence-electron chi connectivity index (χ0n) is 14.9. The molecule has 0 unspecified atom stereocenters. The van der Waals surface area contributed by atoms with Crippen molar-refractivity contribution >= 4 is 28.8 Å². The molecule has 0 atom stereocenters. The Kier molecular flexibility index (Phi) is 5.53. The summed E-state index contributed by atoms with van der Waals surface area (Å²) in [6, 6.07) is 7.57. The fraction of sp³-hybridized carbons (Fsp3) is 0.389. The molecule has 2 aromatic rings. The molecule has 26 heavy (non-hydrogen) atoms. The van der Waals surface area contributed by atoms with Gasteiger partial charge in [-0.05, 0) is 31.5 Å².